The van der Waals surface area contributed by atoms with E-state index in [-0.39, 0.29) is 18.3 Å². The van der Waals surface area contributed by atoms with Gasteiger partial charge in [0.25, 0.3) is 5.91 Å². The number of hydrogen-bond acceptors (Lipinski definition) is 10. The molecule has 13 heteroatoms. The average molecular weight is 696 g/mol. The van der Waals surface area contributed by atoms with E-state index in [9.17, 15) is 24.0 Å². The van der Waals surface area contributed by atoms with Gasteiger partial charge in [-0.15, -0.1) is 0 Å². The number of carbonyl (C=O) groups excluding carboxylic acids is 5. The fourth-order valence-corrected chi connectivity index (χ4v) is 5.19. The van der Waals surface area contributed by atoms with Gasteiger partial charge in [-0.1, -0.05) is 32.1 Å². The van der Waals surface area contributed by atoms with Crippen molar-refractivity contribution >= 4 is 46.8 Å². The fraction of sp³-hybridized carbons (Fsp3) is 0.568. The Balaban J connectivity index is 1.59. The average Bonchev–Trinajstić information content (AvgIpc) is 3.01. The highest BCUT2D eigenvalue weighted by atomic mass is 16.6. The van der Waals surface area contributed by atoms with Crippen LogP contribution < -0.4 is 16.1 Å². The molecule has 1 aromatic heterocycles. The van der Waals surface area contributed by atoms with E-state index in [0.29, 0.717) is 19.4 Å². The second kappa shape index (κ2) is 16.9. The number of benzene rings is 1. The van der Waals surface area contributed by atoms with E-state index in [0.717, 1.165) is 22.0 Å². The number of hydrazine groups is 1. The summed E-state index contributed by atoms with van der Waals surface area (Å²) in [6.07, 6.45) is 5.10. The number of carbonyl (C=O) groups is 5. The van der Waals surface area contributed by atoms with Crippen LogP contribution in [0.25, 0.3) is 17.0 Å². The molecule has 274 valence electrons. The maximum absolute atomic E-state index is 13.3. The monoisotopic (exact) mass is 695 g/mol. The molecule has 0 saturated carbocycles. The standard InChI is InChI=1S/C37H53N5O8/c1-22(2)31(40-35(47)50-37(8,9)10)32(44)39-23(3)33(45)42-18-12-14-29(41-42)34(46)48-24(4)26-16-17-28-27(20-26)19-25(21-38-28)13-11-15-30(43)49-36(5,6)7/h11,13,16-17,19-24,29,31,41H,12,14-15,18H2,1-10H3,(H,39,44)(H,40,47)/b13-11+/t23-,24+,29-,31-/m0/s1. The molecular weight excluding hydrogens is 642 g/mol. The van der Waals surface area contributed by atoms with E-state index in [1.165, 1.54) is 5.01 Å². The quantitative estimate of drug-likeness (QED) is 0.212. The summed E-state index contributed by atoms with van der Waals surface area (Å²) in [4.78, 5) is 68.4. The minimum atomic E-state index is -0.936. The van der Waals surface area contributed by atoms with Crippen LogP contribution in [0.4, 0.5) is 4.79 Å². The predicted octanol–water partition coefficient (Wildman–Crippen LogP) is 5.13. The maximum atomic E-state index is 13.3. The Hall–Kier alpha value is -4.52. The lowest BCUT2D eigenvalue weighted by molar-refractivity contribution is -0.157. The van der Waals surface area contributed by atoms with Crippen molar-refractivity contribution in [1.29, 1.82) is 0 Å². The van der Waals surface area contributed by atoms with Gasteiger partial charge in [-0.3, -0.25) is 29.2 Å². The second-order valence-corrected chi connectivity index (χ2v) is 14.9. The molecule has 4 atom stereocenters. The number of ether oxygens (including phenoxy) is 3. The Labute approximate surface area is 294 Å². The van der Waals surface area contributed by atoms with E-state index < -0.39 is 59.3 Å². The van der Waals surface area contributed by atoms with Gasteiger partial charge in [-0.05, 0) is 103 Å². The number of rotatable bonds is 11. The smallest absolute Gasteiger partial charge is 0.408 e. The normalized spacial score (nSPS) is 17.2. The number of fused-ring (bicyclic) bond motifs is 1. The Kier molecular flexibility index (Phi) is 13.5. The molecule has 0 spiro atoms. The Morgan fingerprint density at radius 1 is 0.980 bits per heavy atom. The van der Waals surface area contributed by atoms with Gasteiger partial charge in [0.2, 0.25) is 5.91 Å². The van der Waals surface area contributed by atoms with E-state index in [2.05, 4.69) is 21.0 Å². The number of hydrogen-bond donors (Lipinski definition) is 3. The highest BCUT2D eigenvalue weighted by Crippen LogP contribution is 2.24. The van der Waals surface area contributed by atoms with Gasteiger partial charge in [0, 0.05) is 18.1 Å². The summed E-state index contributed by atoms with van der Waals surface area (Å²) in [6, 6.07) is 4.92. The predicted molar refractivity (Wildman–Crippen MR) is 189 cm³/mol. The lowest BCUT2D eigenvalue weighted by Gasteiger charge is -2.35. The third-order valence-electron chi connectivity index (χ3n) is 7.59. The lowest BCUT2D eigenvalue weighted by Crippen LogP contribution is -2.61. The Bertz CT molecular complexity index is 1580. The van der Waals surface area contributed by atoms with Crippen molar-refractivity contribution in [3.05, 3.63) is 47.7 Å². The van der Waals surface area contributed by atoms with Crippen LogP contribution in [0, 0.1) is 5.92 Å². The summed E-state index contributed by atoms with van der Waals surface area (Å²) < 4.78 is 16.4. The molecule has 3 amide bonds. The van der Waals surface area contributed by atoms with Crippen LogP contribution in [0.2, 0.25) is 0 Å². The highest BCUT2D eigenvalue weighted by molar-refractivity contribution is 5.91. The molecule has 1 saturated heterocycles. The molecule has 1 aliphatic heterocycles. The number of nitrogens with zero attached hydrogens (tertiary/aromatic N) is 2. The van der Waals surface area contributed by atoms with Crippen LogP contribution in [0.1, 0.15) is 106 Å². The number of alkyl carbamates (subject to hydrolysis) is 1. The zero-order chi connectivity index (χ0) is 37.4. The van der Waals surface area contributed by atoms with Gasteiger partial charge in [0.1, 0.15) is 35.4 Å². The van der Waals surface area contributed by atoms with E-state index in [1.807, 2.05) is 51.1 Å². The van der Waals surface area contributed by atoms with Crippen LogP contribution in [-0.4, -0.2) is 75.7 Å². The molecule has 0 unspecified atom stereocenters. The third kappa shape index (κ3) is 12.4. The second-order valence-electron chi connectivity index (χ2n) is 14.9. The molecule has 0 aliphatic carbocycles. The van der Waals surface area contributed by atoms with Gasteiger partial charge in [0.15, 0.2) is 0 Å². The summed E-state index contributed by atoms with van der Waals surface area (Å²) in [5.41, 5.74) is 4.03. The first-order valence-electron chi connectivity index (χ1n) is 17.1. The largest absolute Gasteiger partial charge is 0.460 e. The van der Waals surface area contributed by atoms with Crippen LogP contribution in [-0.2, 0) is 33.4 Å². The molecular formula is C37H53N5O8. The van der Waals surface area contributed by atoms with Crippen LogP contribution in [0.15, 0.2) is 36.5 Å². The van der Waals surface area contributed by atoms with Crippen molar-refractivity contribution in [1.82, 2.24) is 26.1 Å². The summed E-state index contributed by atoms with van der Waals surface area (Å²) in [6.45, 7) is 17.9. The van der Waals surface area contributed by atoms with E-state index in [4.69, 9.17) is 14.2 Å². The number of pyridine rings is 1. The summed E-state index contributed by atoms with van der Waals surface area (Å²) in [5.74, 6) is -2.05. The molecule has 1 fully saturated rings. The molecule has 50 heavy (non-hydrogen) atoms. The first kappa shape index (κ1) is 39.9. The molecule has 0 radical (unpaired) electrons. The van der Waals surface area contributed by atoms with E-state index in [1.54, 1.807) is 60.7 Å². The third-order valence-corrected chi connectivity index (χ3v) is 7.59. The maximum Gasteiger partial charge on any atom is 0.408 e. The van der Waals surface area contributed by atoms with Crippen molar-refractivity contribution in [3.63, 3.8) is 0 Å². The molecule has 0 bridgehead atoms. The minimum Gasteiger partial charge on any atom is -0.460 e. The Morgan fingerprint density at radius 3 is 2.30 bits per heavy atom. The zero-order valence-corrected chi connectivity index (χ0v) is 30.9. The van der Waals surface area contributed by atoms with Gasteiger partial charge < -0.3 is 24.8 Å². The molecule has 2 aromatic rings. The SMILES string of the molecule is CC(C)[C@H](NC(=O)OC(C)(C)C)C(=O)N[C@@H](C)C(=O)N1CCC[C@@H](C(=O)O[C@H](C)c2ccc3ncc(/C=C/CC(=O)OC(C)(C)C)cc3c2)N1. The topological polar surface area (TPSA) is 165 Å². The number of esters is 2. The lowest BCUT2D eigenvalue weighted by atomic mass is 10.0. The van der Waals surface area contributed by atoms with Gasteiger partial charge in [0.05, 0.1) is 11.9 Å². The number of nitrogens with one attached hydrogen (secondary N) is 3. The molecule has 2 heterocycles. The molecule has 1 aromatic carbocycles. The van der Waals surface area contributed by atoms with Gasteiger partial charge >= 0.3 is 18.0 Å². The summed E-state index contributed by atoms with van der Waals surface area (Å²) in [5, 5.41) is 7.44. The van der Waals surface area contributed by atoms with Crippen LogP contribution in [0.3, 0.4) is 0 Å². The molecule has 13 nitrogen and oxygen atoms in total. The minimum absolute atomic E-state index is 0.139. The zero-order valence-electron chi connectivity index (χ0n) is 30.9. The van der Waals surface area contributed by atoms with Crippen molar-refractivity contribution < 1.29 is 38.2 Å². The number of amides is 3. The molecule has 3 rings (SSSR count). The van der Waals surface area contributed by atoms with Crippen molar-refractivity contribution in [2.45, 2.75) is 124 Å². The molecule has 1 aliphatic rings. The van der Waals surface area contributed by atoms with Crippen LogP contribution >= 0.6 is 0 Å². The van der Waals surface area contributed by atoms with Gasteiger partial charge in [-0.25, -0.2) is 10.2 Å². The Morgan fingerprint density at radius 2 is 1.66 bits per heavy atom. The number of aromatic nitrogens is 1. The fourth-order valence-electron chi connectivity index (χ4n) is 5.19. The van der Waals surface area contributed by atoms with Crippen molar-refractivity contribution in [3.8, 4) is 0 Å². The first-order valence-corrected chi connectivity index (χ1v) is 17.1. The van der Waals surface area contributed by atoms with E-state index >= 15 is 0 Å². The van der Waals surface area contributed by atoms with Crippen molar-refractivity contribution in [2.24, 2.45) is 5.92 Å². The van der Waals surface area contributed by atoms with Crippen molar-refractivity contribution in [2.75, 3.05) is 6.54 Å². The first-order chi connectivity index (χ1) is 23.2. The van der Waals surface area contributed by atoms with Crippen LogP contribution in [0.5, 0.6) is 0 Å². The summed E-state index contributed by atoms with van der Waals surface area (Å²) in [7, 11) is 0. The highest BCUT2D eigenvalue weighted by Gasteiger charge is 2.34. The molecule has 3 N–H and O–H groups in total. The van der Waals surface area contributed by atoms with Gasteiger partial charge in [-0.2, -0.15) is 0 Å². The summed E-state index contributed by atoms with van der Waals surface area (Å²) >= 11 is 0.